The van der Waals surface area contributed by atoms with Crippen molar-refractivity contribution in [3.8, 4) is 11.5 Å². The summed E-state index contributed by atoms with van der Waals surface area (Å²) in [6.07, 6.45) is 7.13. The molecular formula is C27H30Br2F2O4. The monoisotopic (exact) mass is 614 g/mol. The Balaban J connectivity index is 0.000000196. The molecule has 0 saturated heterocycles. The number of phenolic OH excluding ortho intramolecular Hbond substituents is 1. The molecule has 2 atom stereocenters. The number of fused-ring (bicyclic) bond motifs is 2. The number of benzene rings is 2. The molecule has 8 heteroatoms. The zero-order valence-corrected chi connectivity index (χ0v) is 23.3. The highest BCUT2D eigenvalue weighted by Gasteiger charge is 2.34. The van der Waals surface area contributed by atoms with Gasteiger partial charge in [0.05, 0.1) is 16.1 Å². The standard InChI is InChI=1S/C14H16BrFO2.C13H14BrFO2/c1-3-4-5-8-6-9-10(13(8)17)7-11(16)14(18-2)12(9)15;1-2-3-4-7-5-8-9(12(7)16)6-10(15)13(17)11(8)14/h7-8H,3-6H2,1-2H3;6-7,17H,2-5H2,1H3. The molecule has 0 bridgehead atoms. The molecule has 0 heterocycles. The van der Waals surface area contributed by atoms with E-state index in [9.17, 15) is 23.5 Å². The summed E-state index contributed by atoms with van der Waals surface area (Å²) in [5.74, 6) is -1.39. The van der Waals surface area contributed by atoms with Crippen molar-refractivity contribution in [2.75, 3.05) is 7.11 Å². The average molecular weight is 616 g/mol. The van der Waals surface area contributed by atoms with Crippen LogP contribution in [0.15, 0.2) is 21.1 Å². The Labute approximate surface area is 221 Å². The molecule has 0 saturated carbocycles. The summed E-state index contributed by atoms with van der Waals surface area (Å²) in [6, 6.07) is 2.47. The van der Waals surface area contributed by atoms with Crippen LogP contribution >= 0.6 is 31.9 Å². The van der Waals surface area contributed by atoms with E-state index in [2.05, 4.69) is 45.7 Å². The van der Waals surface area contributed by atoms with Crippen molar-refractivity contribution in [1.82, 2.24) is 0 Å². The van der Waals surface area contributed by atoms with Gasteiger partial charge in [0.25, 0.3) is 0 Å². The van der Waals surface area contributed by atoms with E-state index in [1.165, 1.54) is 13.2 Å². The van der Waals surface area contributed by atoms with Gasteiger partial charge in [-0.15, -0.1) is 0 Å². The molecule has 2 aliphatic rings. The third-order valence-electron chi connectivity index (χ3n) is 6.76. The van der Waals surface area contributed by atoms with Crippen molar-refractivity contribution in [1.29, 1.82) is 0 Å². The number of unbranched alkanes of at least 4 members (excludes halogenated alkanes) is 2. The minimum Gasteiger partial charge on any atom is -0.504 e. The lowest BCUT2D eigenvalue weighted by Gasteiger charge is -2.08. The Bertz CT molecular complexity index is 1130. The third-order valence-corrected chi connectivity index (χ3v) is 8.46. The topological polar surface area (TPSA) is 63.6 Å². The number of halogens is 4. The zero-order valence-electron chi connectivity index (χ0n) is 20.2. The quantitative estimate of drug-likeness (QED) is 0.343. The predicted octanol–water partition coefficient (Wildman–Crippen LogP) is 7.98. The fourth-order valence-corrected chi connectivity index (χ4v) is 6.09. The van der Waals surface area contributed by atoms with Crippen molar-refractivity contribution in [2.45, 2.75) is 65.2 Å². The number of rotatable bonds is 7. The van der Waals surface area contributed by atoms with Gasteiger partial charge in [-0.05, 0) is 80.8 Å². The maximum absolute atomic E-state index is 13.8. The van der Waals surface area contributed by atoms with Gasteiger partial charge in [0.15, 0.2) is 34.7 Å². The first-order valence-electron chi connectivity index (χ1n) is 12.0. The van der Waals surface area contributed by atoms with E-state index >= 15 is 0 Å². The molecule has 1 N–H and O–H groups in total. The highest BCUT2D eigenvalue weighted by Crippen LogP contribution is 2.42. The number of carbonyl (C=O) groups is 2. The second-order valence-corrected chi connectivity index (χ2v) is 10.7. The maximum atomic E-state index is 13.8. The predicted molar refractivity (Wildman–Crippen MR) is 139 cm³/mol. The maximum Gasteiger partial charge on any atom is 0.168 e. The summed E-state index contributed by atoms with van der Waals surface area (Å²) in [5, 5.41) is 9.49. The summed E-state index contributed by atoms with van der Waals surface area (Å²) in [4.78, 5) is 24.2. The number of carbonyl (C=O) groups excluding carboxylic acids is 2. The van der Waals surface area contributed by atoms with Crippen molar-refractivity contribution in [3.05, 3.63) is 55.0 Å². The molecular weight excluding hydrogens is 586 g/mol. The average Bonchev–Trinajstić information content (AvgIpc) is 3.32. The first kappa shape index (κ1) is 27.8. The highest BCUT2D eigenvalue weighted by molar-refractivity contribution is 9.11. The number of Topliss-reactive ketones (excluding diaryl/α,β-unsaturated/α-hetero) is 2. The minimum atomic E-state index is -0.736. The molecule has 4 nitrogen and oxygen atoms in total. The van der Waals surface area contributed by atoms with Crippen LogP contribution in [0, 0.1) is 23.5 Å². The van der Waals surface area contributed by atoms with Gasteiger partial charge >= 0.3 is 0 Å². The van der Waals surface area contributed by atoms with E-state index in [4.69, 9.17) is 4.74 Å². The summed E-state index contributed by atoms with van der Waals surface area (Å²) < 4.78 is 33.0. The first-order valence-corrected chi connectivity index (χ1v) is 13.6. The highest BCUT2D eigenvalue weighted by atomic mass is 79.9. The Hall–Kier alpha value is -1.80. The molecule has 0 spiro atoms. The van der Waals surface area contributed by atoms with Crippen LogP contribution in [0.1, 0.15) is 84.2 Å². The lowest BCUT2D eigenvalue weighted by atomic mass is 9.98. The number of hydrogen-bond donors (Lipinski definition) is 1. The number of aromatic hydroxyl groups is 1. The molecule has 2 aromatic carbocycles. The van der Waals surface area contributed by atoms with E-state index in [1.54, 1.807) is 0 Å². The summed E-state index contributed by atoms with van der Waals surface area (Å²) in [7, 11) is 1.43. The molecule has 0 aliphatic heterocycles. The second-order valence-electron chi connectivity index (χ2n) is 9.09. The molecule has 35 heavy (non-hydrogen) atoms. The lowest BCUT2D eigenvalue weighted by Crippen LogP contribution is -2.08. The van der Waals surface area contributed by atoms with Crippen molar-refractivity contribution in [2.24, 2.45) is 11.8 Å². The van der Waals surface area contributed by atoms with Crippen LogP contribution in [0.3, 0.4) is 0 Å². The molecule has 2 aliphatic carbocycles. The van der Waals surface area contributed by atoms with E-state index in [0.717, 1.165) is 55.7 Å². The number of ketones is 2. The van der Waals surface area contributed by atoms with E-state index < -0.39 is 17.4 Å². The number of hydrogen-bond acceptors (Lipinski definition) is 4. The van der Waals surface area contributed by atoms with Gasteiger partial charge in [0, 0.05) is 23.0 Å². The van der Waals surface area contributed by atoms with E-state index in [-0.39, 0.29) is 29.2 Å². The normalized spacial score (nSPS) is 18.3. The van der Waals surface area contributed by atoms with Crippen molar-refractivity contribution >= 4 is 43.4 Å². The molecule has 190 valence electrons. The van der Waals surface area contributed by atoms with Gasteiger partial charge in [0.1, 0.15) is 0 Å². The third kappa shape index (κ3) is 5.63. The van der Waals surface area contributed by atoms with Crippen LogP contribution in [-0.4, -0.2) is 23.8 Å². The summed E-state index contributed by atoms with van der Waals surface area (Å²) >= 11 is 6.51. The number of methoxy groups -OCH3 is 1. The van der Waals surface area contributed by atoms with Gasteiger partial charge in [0.2, 0.25) is 0 Å². The number of phenols is 1. The van der Waals surface area contributed by atoms with E-state index in [0.29, 0.717) is 32.9 Å². The van der Waals surface area contributed by atoms with Crippen LogP contribution in [0.2, 0.25) is 0 Å². The Kier molecular flexibility index (Phi) is 9.49. The zero-order chi connectivity index (χ0) is 25.9. The molecule has 4 rings (SSSR count). The molecule has 0 amide bonds. The van der Waals surface area contributed by atoms with Gasteiger partial charge in [-0.3, -0.25) is 9.59 Å². The first-order chi connectivity index (χ1) is 16.7. The molecule has 0 aromatic heterocycles. The summed E-state index contributed by atoms with van der Waals surface area (Å²) in [5.41, 5.74) is 2.57. The lowest BCUT2D eigenvalue weighted by molar-refractivity contribution is 0.0921. The van der Waals surface area contributed by atoms with Crippen LogP contribution in [0.5, 0.6) is 11.5 Å². The van der Waals surface area contributed by atoms with Gasteiger partial charge < -0.3 is 9.84 Å². The molecule has 0 radical (unpaired) electrons. The fourth-order valence-electron chi connectivity index (χ4n) is 4.80. The van der Waals surface area contributed by atoms with Crippen LogP contribution in [-0.2, 0) is 12.8 Å². The molecule has 2 aromatic rings. The minimum absolute atomic E-state index is 0.00255. The van der Waals surface area contributed by atoms with E-state index in [1.807, 2.05) is 0 Å². The SMILES string of the molecule is CCCCC1Cc2c(cc(F)c(O)c2Br)C1=O.CCCCC1Cc2c(cc(F)c(OC)c2Br)C1=O. The Morgan fingerprint density at radius 3 is 1.80 bits per heavy atom. The van der Waals surface area contributed by atoms with Gasteiger partial charge in [-0.25, -0.2) is 8.78 Å². The fraction of sp³-hybridized carbons (Fsp3) is 0.481. The second kappa shape index (κ2) is 12.0. The van der Waals surface area contributed by atoms with Crippen LogP contribution in [0.25, 0.3) is 0 Å². The Morgan fingerprint density at radius 1 is 0.886 bits per heavy atom. The van der Waals surface area contributed by atoms with Crippen LogP contribution < -0.4 is 4.74 Å². The van der Waals surface area contributed by atoms with Crippen LogP contribution in [0.4, 0.5) is 8.78 Å². The smallest absolute Gasteiger partial charge is 0.168 e. The largest absolute Gasteiger partial charge is 0.504 e. The number of ether oxygens (including phenoxy) is 1. The van der Waals surface area contributed by atoms with Crippen molar-refractivity contribution < 1.29 is 28.2 Å². The van der Waals surface area contributed by atoms with Gasteiger partial charge in [-0.1, -0.05) is 39.5 Å². The van der Waals surface area contributed by atoms with Gasteiger partial charge in [-0.2, -0.15) is 0 Å². The molecule has 0 fully saturated rings. The van der Waals surface area contributed by atoms with Crippen molar-refractivity contribution in [3.63, 3.8) is 0 Å². The Morgan fingerprint density at radius 2 is 1.34 bits per heavy atom. The molecule has 2 unspecified atom stereocenters. The summed E-state index contributed by atoms with van der Waals surface area (Å²) in [6.45, 7) is 4.18.